The van der Waals surface area contributed by atoms with Crippen molar-refractivity contribution in [3.8, 4) is 0 Å². The second-order valence-electron chi connectivity index (χ2n) is 1.37. The van der Waals surface area contributed by atoms with E-state index in [0.29, 0.717) is 6.61 Å². The fourth-order valence-corrected chi connectivity index (χ4v) is 0.626. The van der Waals surface area contributed by atoms with Crippen molar-refractivity contribution in [1.29, 1.82) is 0 Å². The molecular formula is C5H10O2S2. The zero-order valence-corrected chi connectivity index (χ0v) is 7.00. The number of ether oxygens (including phenoxy) is 1. The molecule has 0 fully saturated rings. The summed E-state index contributed by atoms with van der Waals surface area (Å²) in [5.74, 6) is 0.792. The predicted octanol–water partition coefficient (Wildman–Crippen LogP) is 0.822. The van der Waals surface area contributed by atoms with Crippen LogP contribution in [0.25, 0.3) is 0 Å². The predicted molar refractivity (Wildman–Crippen MR) is 43.2 cm³/mol. The van der Waals surface area contributed by atoms with Crippen molar-refractivity contribution in [2.75, 3.05) is 24.4 Å². The summed E-state index contributed by atoms with van der Waals surface area (Å²) in [6, 6.07) is 0. The van der Waals surface area contributed by atoms with E-state index in [0.717, 1.165) is 5.75 Å². The lowest BCUT2D eigenvalue weighted by Crippen LogP contribution is -2.07. The van der Waals surface area contributed by atoms with Gasteiger partial charge >= 0.3 is 5.97 Å². The molecule has 4 heteroatoms. The largest absolute Gasteiger partial charge is 0.464 e. The summed E-state index contributed by atoms with van der Waals surface area (Å²) in [6.07, 6.45) is 1.97. The molecule has 0 N–H and O–H groups in total. The van der Waals surface area contributed by atoms with Crippen LogP contribution in [0.15, 0.2) is 0 Å². The molecule has 0 aromatic carbocycles. The van der Waals surface area contributed by atoms with Gasteiger partial charge in [-0.05, 0) is 6.26 Å². The molecule has 0 spiro atoms. The van der Waals surface area contributed by atoms with Crippen molar-refractivity contribution >= 4 is 30.4 Å². The number of thiol groups is 1. The van der Waals surface area contributed by atoms with Crippen LogP contribution in [0.4, 0.5) is 0 Å². The van der Waals surface area contributed by atoms with E-state index in [2.05, 4.69) is 12.6 Å². The summed E-state index contributed by atoms with van der Waals surface area (Å²) >= 11 is 5.39. The minimum Gasteiger partial charge on any atom is -0.464 e. The maximum absolute atomic E-state index is 10.4. The first-order valence-electron chi connectivity index (χ1n) is 2.56. The van der Waals surface area contributed by atoms with Gasteiger partial charge in [-0.3, -0.25) is 4.79 Å². The van der Waals surface area contributed by atoms with E-state index in [1.54, 1.807) is 11.8 Å². The van der Waals surface area contributed by atoms with E-state index in [4.69, 9.17) is 4.74 Å². The van der Waals surface area contributed by atoms with E-state index in [9.17, 15) is 4.79 Å². The van der Waals surface area contributed by atoms with Gasteiger partial charge in [0.05, 0.1) is 5.75 Å². The zero-order chi connectivity index (χ0) is 7.11. The molecule has 0 aliphatic carbocycles. The van der Waals surface area contributed by atoms with Crippen molar-refractivity contribution in [2.24, 2.45) is 0 Å². The van der Waals surface area contributed by atoms with Crippen LogP contribution >= 0.6 is 24.4 Å². The van der Waals surface area contributed by atoms with Gasteiger partial charge in [-0.2, -0.15) is 24.4 Å². The van der Waals surface area contributed by atoms with Gasteiger partial charge in [0.15, 0.2) is 0 Å². The van der Waals surface area contributed by atoms with Gasteiger partial charge < -0.3 is 4.74 Å². The Morgan fingerprint density at radius 3 is 2.89 bits per heavy atom. The molecule has 0 aliphatic heterocycles. The SMILES string of the molecule is CSCCOC(=O)CS. The number of rotatable bonds is 4. The van der Waals surface area contributed by atoms with Crippen molar-refractivity contribution in [3.63, 3.8) is 0 Å². The Labute approximate surface area is 64.8 Å². The topological polar surface area (TPSA) is 26.3 Å². The summed E-state index contributed by atoms with van der Waals surface area (Å²) in [5.41, 5.74) is 0. The van der Waals surface area contributed by atoms with Gasteiger partial charge in [0.2, 0.25) is 0 Å². The Morgan fingerprint density at radius 1 is 1.78 bits per heavy atom. The summed E-state index contributed by atoms with van der Waals surface area (Å²) in [4.78, 5) is 10.4. The molecular weight excluding hydrogens is 156 g/mol. The van der Waals surface area contributed by atoms with Crippen molar-refractivity contribution in [2.45, 2.75) is 0 Å². The summed E-state index contributed by atoms with van der Waals surface area (Å²) < 4.78 is 4.70. The minimum absolute atomic E-state index is 0.175. The summed E-state index contributed by atoms with van der Waals surface area (Å²) in [5, 5.41) is 0. The lowest BCUT2D eigenvalue weighted by Gasteiger charge is -1.98. The highest BCUT2D eigenvalue weighted by Gasteiger charge is 1.95. The Kier molecular flexibility index (Phi) is 6.41. The highest BCUT2D eigenvalue weighted by Crippen LogP contribution is 1.91. The molecule has 0 atom stereocenters. The first-order valence-corrected chi connectivity index (χ1v) is 4.59. The van der Waals surface area contributed by atoms with Crippen molar-refractivity contribution in [3.05, 3.63) is 0 Å². The second-order valence-corrected chi connectivity index (χ2v) is 2.67. The van der Waals surface area contributed by atoms with Crippen molar-refractivity contribution < 1.29 is 9.53 Å². The quantitative estimate of drug-likeness (QED) is 0.380. The summed E-state index contributed by atoms with van der Waals surface area (Å²) in [6.45, 7) is 0.501. The average molecular weight is 166 g/mol. The molecule has 0 unspecified atom stereocenters. The van der Waals surface area contributed by atoms with Crippen LogP contribution in [-0.4, -0.2) is 30.3 Å². The maximum Gasteiger partial charge on any atom is 0.315 e. The van der Waals surface area contributed by atoms with Gasteiger partial charge in [-0.1, -0.05) is 0 Å². The molecule has 0 saturated carbocycles. The smallest absolute Gasteiger partial charge is 0.315 e. The molecule has 0 aromatic heterocycles. The van der Waals surface area contributed by atoms with Gasteiger partial charge in [0.1, 0.15) is 6.61 Å². The van der Waals surface area contributed by atoms with Crippen LogP contribution in [0.3, 0.4) is 0 Å². The molecule has 0 bridgehead atoms. The number of hydrogen-bond donors (Lipinski definition) is 1. The van der Waals surface area contributed by atoms with E-state index in [1.807, 2.05) is 6.26 Å². The zero-order valence-electron chi connectivity index (χ0n) is 5.29. The Bertz CT molecular complexity index is 85.0. The third-order valence-corrected chi connectivity index (χ3v) is 1.51. The van der Waals surface area contributed by atoms with Crippen LogP contribution in [-0.2, 0) is 9.53 Å². The maximum atomic E-state index is 10.4. The first-order chi connectivity index (χ1) is 4.31. The van der Waals surface area contributed by atoms with E-state index in [1.165, 1.54) is 0 Å². The van der Waals surface area contributed by atoms with E-state index >= 15 is 0 Å². The Morgan fingerprint density at radius 2 is 2.44 bits per heavy atom. The second kappa shape index (κ2) is 6.29. The molecule has 0 radical (unpaired) electrons. The third-order valence-electron chi connectivity index (χ3n) is 0.680. The number of esters is 1. The van der Waals surface area contributed by atoms with Crippen LogP contribution in [0, 0.1) is 0 Å². The molecule has 0 heterocycles. The lowest BCUT2D eigenvalue weighted by molar-refractivity contribution is -0.139. The van der Waals surface area contributed by atoms with Gasteiger partial charge in [-0.25, -0.2) is 0 Å². The normalized spacial score (nSPS) is 9.11. The van der Waals surface area contributed by atoms with Gasteiger partial charge in [0.25, 0.3) is 0 Å². The van der Waals surface area contributed by atoms with Crippen LogP contribution in [0.5, 0.6) is 0 Å². The highest BCUT2D eigenvalue weighted by molar-refractivity contribution is 7.98. The molecule has 0 aliphatic rings. The van der Waals surface area contributed by atoms with Crippen LogP contribution < -0.4 is 0 Å². The first kappa shape index (κ1) is 9.17. The molecule has 0 saturated heterocycles. The highest BCUT2D eigenvalue weighted by atomic mass is 32.2. The molecule has 2 nitrogen and oxygen atoms in total. The molecule has 54 valence electrons. The fraction of sp³-hybridized carbons (Fsp3) is 0.800. The third kappa shape index (κ3) is 6.05. The molecule has 0 amide bonds. The number of carbonyl (C=O) groups excluding carboxylic acids is 1. The van der Waals surface area contributed by atoms with E-state index < -0.39 is 0 Å². The van der Waals surface area contributed by atoms with Gasteiger partial charge in [-0.15, -0.1) is 0 Å². The average Bonchev–Trinajstić information content (AvgIpc) is 1.89. The monoisotopic (exact) mass is 166 g/mol. The minimum atomic E-state index is -0.243. The van der Waals surface area contributed by atoms with Crippen LogP contribution in [0.1, 0.15) is 0 Å². The number of hydrogen-bond acceptors (Lipinski definition) is 4. The van der Waals surface area contributed by atoms with E-state index in [-0.39, 0.29) is 11.7 Å². The number of carbonyl (C=O) groups is 1. The Balaban J connectivity index is 2.97. The fourth-order valence-electron chi connectivity index (χ4n) is 0.284. The molecule has 9 heavy (non-hydrogen) atoms. The number of thioether (sulfide) groups is 1. The summed E-state index contributed by atoms with van der Waals surface area (Å²) in [7, 11) is 0. The standard InChI is InChI=1S/C5H10O2S2/c1-9-3-2-7-5(6)4-8/h8H,2-4H2,1H3. The molecule has 0 aromatic rings. The Hall–Kier alpha value is 0.170. The lowest BCUT2D eigenvalue weighted by atomic mass is 10.8. The van der Waals surface area contributed by atoms with Crippen molar-refractivity contribution in [1.82, 2.24) is 0 Å². The molecule has 0 rings (SSSR count). The van der Waals surface area contributed by atoms with Crippen LogP contribution in [0.2, 0.25) is 0 Å². The van der Waals surface area contributed by atoms with Gasteiger partial charge in [0, 0.05) is 5.75 Å².